The van der Waals surface area contributed by atoms with Crippen molar-refractivity contribution in [1.29, 1.82) is 0 Å². The monoisotopic (exact) mass is 566 g/mol. The van der Waals surface area contributed by atoms with Crippen LogP contribution >= 0.6 is 0 Å². The Balaban J connectivity index is 1.43. The number of rotatable bonds is 9. The van der Waals surface area contributed by atoms with Crippen molar-refractivity contribution in [2.75, 3.05) is 6.61 Å². The summed E-state index contributed by atoms with van der Waals surface area (Å²) < 4.78 is 75.7. The number of aliphatic hydroxyl groups is 2. The van der Waals surface area contributed by atoms with Gasteiger partial charge >= 0.3 is 27.3 Å². The van der Waals surface area contributed by atoms with E-state index in [4.69, 9.17) is 18.8 Å². The molecule has 4 saturated carbocycles. The summed E-state index contributed by atoms with van der Waals surface area (Å²) in [6.07, 6.45) is 5.52. The maximum atomic E-state index is 13.9. The summed E-state index contributed by atoms with van der Waals surface area (Å²) in [5.41, 5.74) is -4.44. The highest BCUT2D eigenvalue weighted by Crippen LogP contribution is 2.62. The lowest BCUT2D eigenvalue weighted by atomic mass is 9.48. The molecule has 3 N–H and O–H groups in total. The molecule has 5 unspecified atom stereocenters. The predicted octanol–water partition coefficient (Wildman–Crippen LogP) is 2.52. The number of carbonyl (C=O) groups excluding carboxylic acids is 2. The van der Waals surface area contributed by atoms with E-state index in [1.807, 2.05) is 0 Å². The van der Waals surface area contributed by atoms with Crippen LogP contribution in [0, 0.1) is 17.8 Å². The van der Waals surface area contributed by atoms with Gasteiger partial charge in [0, 0.05) is 31.1 Å². The molecule has 4 bridgehead atoms. The standard InChI is InChI=1S/C25H36F2O10S/c1-15(28)9-23(6-4-5-21(2,31)14-23)36-19(29)13-35-24-10-16-7-17(11-24)22(3,18(8-16)12-24)37-20(30)25(26,27)38(32,33)34/h4-5,15-18,28,31H,6-14H2,1-3H3,(H,32,33,34). The largest absolute Gasteiger partial charge is 0.465 e. The molecule has 0 aliphatic heterocycles. The highest BCUT2D eigenvalue weighted by molar-refractivity contribution is 7.87. The third kappa shape index (κ3) is 5.49. The minimum atomic E-state index is -5.99. The quantitative estimate of drug-likeness (QED) is 0.215. The minimum Gasteiger partial charge on any atom is -0.457 e. The van der Waals surface area contributed by atoms with Crippen molar-refractivity contribution in [3.63, 3.8) is 0 Å². The van der Waals surface area contributed by atoms with Crippen LogP contribution < -0.4 is 0 Å². The lowest BCUT2D eigenvalue weighted by molar-refractivity contribution is -0.254. The second kappa shape index (κ2) is 9.46. The molecule has 38 heavy (non-hydrogen) atoms. The molecule has 5 aliphatic carbocycles. The van der Waals surface area contributed by atoms with Crippen molar-refractivity contribution in [1.82, 2.24) is 0 Å². The number of hydrogen-bond donors (Lipinski definition) is 3. The minimum absolute atomic E-state index is 0.114. The van der Waals surface area contributed by atoms with E-state index in [1.165, 1.54) is 6.92 Å². The smallest absolute Gasteiger partial charge is 0.457 e. The molecule has 5 atom stereocenters. The van der Waals surface area contributed by atoms with E-state index in [1.54, 1.807) is 26.0 Å². The molecule has 5 rings (SSSR count). The van der Waals surface area contributed by atoms with Crippen LogP contribution in [0.1, 0.15) is 72.1 Å². The first kappa shape index (κ1) is 29.3. The molecule has 13 heteroatoms. The van der Waals surface area contributed by atoms with Crippen LogP contribution in [0.3, 0.4) is 0 Å². The number of ether oxygens (including phenoxy) is 3. The Kier molecular flexibility index (Phi) is 7.30. The van der Waals surface area contributed by atoms with Crippen molar-refractivity contribution in [2.45, 2.75) is 106 Å². The fourth-order valence-electron chi connectivity index (χ4n) is 7.43. The van der Waals surface area contributed by atoms with Gasteiger partial charge in [-0.15, -0.1) is 0 Å². The molecular weight excluding hydrogens is 530 g/mol. The van der Waals surface area contributed by atoms with E-state index < -0.39 is 74.3 Å². The number of hydrogen-bond acceptors (Lipinski definition) is 9. The Labute approximate surface area is 220 Å². The average Bonchev–Trinajstić information content (AvgIpc) is 2.73. The van der Waals surface area contributed by atoms with Crippen molar-refractivity contribution in [3.8, 4) is 0 Å². The third-order valence-corrected chi connectivity index (χ3v) is 9.58. The van der Waals surface area contributed by atoms with E-state index in [0.29, 0.717) is 38.5 Å². The first-order valence-electron chi connectivity index (χ1n) is 12.8. The molecule has 0 aromatic rings. The number of halogens is 2. The molecule has 5 aliphatic rings. The number of carbonyl (C=O) groups is 2. The average molecular weight is 567 g/mol. The van der Waals surface area contributed by atoms with Crippen LogP contribution in [-0.4, -0.2) is 75.5 Å². The molecule has 0 heterocycles. The van der Waals surface area contributed by atoms with Crippen molar-refractivity contribution < 1.29 is 55.8 Å². The molecule has 0 radical (unpaired) electrons. The van der Waals surface area contributed by atoms with Crippen molar-refractivity contribution in [2.24, 2.45) is 17.8 Å². The highest BCUT2D eigenvalue weighted by atomic mass is 32.2. The zero-order chi connectivity index (χ0) is 28.4. The van der Waals surface area contributed by atoms with Gasteiger partial charge in [-0.05, 0) is 58.8 Å². The Morgan fingerprint density at radius 2 is 1.74 bits per heavy atom. The second-order valence-corrected chi connectivity index (χ2v) is 13.7. The molecule has 0 amide bonds. The molecule has 0 aromatic heterocycles. The van der Waals surface area contributed by atoms with Crippen LogP contribution in [0.25, 0.3) is 0 Å². The fourth-order valence-corrected chi connectivity index (χ4v) is 7.68. The Morgan fingerprint density at radius 3 is 2.26 bits per heavy atom. The van der Waals surface area contributed by atoms with Crippen molar-refractivity contribution >= 4 is 22.1 Å². The van der Waals surface area contributed by atoms with Crippen LogP contribution in [-0.2, 0) is 33.9 Å². The van der Waals surface area contributed by atoms with E-state index in [0.717, 1.165) is 0 Å². The summed E-state index contributed by atoms with van der Waals surface area (Å²) >= 11 is 0. The van der Waals surface area contributed by atoms with Gasteiger partial charge in [0.05, 0.1) is 17.3 Å². The van der Waals surface area contributed by atoms with Gasteiger partial charge in [0.25, 0.3) is 0 Å². The SMILES string of the molecule is CC(O)CC1(OC(=O)COC23CC4CC(C2)C(C)(OC(=O)C(F)(F)S(=O)(=O)O)C(C4)C3)CC=CC(C)(O)C1. The molecule has 10 nitrogen and oxygen atoms in total. The van der Waals surface area contributed by atoms with Gasteiger partial charge in [0.15, 0.2) is 0 Å². The fraction of sp³-hybridized carbons (Fsp3) is 0.840. The van der Waals surface area contributed by atoms with Crippen LogP contribution in [0.2, 0.25) is 0 Å². The molecule has 4 fully saturated rings. The molecule has 0 aromatic carbocycles. The van der Waals surface area contributed by atoms with E-state index in [2.05, 4.69) is 0 Å². The van der Waals surface area contributed by atoms with E-state index >= 15 is 0 Å². The number of aliphatic hydroxyl groups excluding tert-OH is 1. The van der Waals surface area contributed by atoms with Gasteiger partial charge in [-0.1, -0.05) is 12.2 Å². The highest BCUT2D eigenvalue weighted by Gasteiger charge is 2.65. The third-order valence-electron chi connectivity index (χ3n) is 8.77. The topological polar surface area (TPSA) is 157 Å². The normalized spacial score (nSPS) is 41.1. The molecule has 0 saturated heterocycles. The lowest BCUT2D eigenvalue weighted by Gasteiger charge is -2.63. The Morgan fingerprint density at radius 1 is 1.13 bits per heavy atom. The summed E-state index contributed by atoms with van der Waals surface area (Å²) in [6.45, 7) is 4.28. The summed E-state index contributed by atoms with van der Waals surface area (Å²) in [7, 11) is -5.99. The summed E-state index contributed by atoms with van der Waals surface area (Å²) in [4.78, 5) is 25.0. The summed E-state index contributed by atoms with van der Waals surface area (Å²) in [5, 5.41) is 15.4. The molecule has 216 valence electrons. The summed E-state index contributed by atoms with van der Waals surface area (Å²) in [5.74, 6) is -3.64. The predicted molar refractivity (Wildman–Crippen MR) is 127 cm³/mol. The van der Waals surface area contributed by atoms with Gasteiger partial charge in [0.2, 0.25) is 0 Å². The lowest BCUT2D eigenvalue weighted by Crippen LogP contribution is -2.65. The van der Waals surface area contributed by atoms with E-state index in [9.17, 15) is 37.0 Å². The Bertz CT molecular complexity index is 1090. The zero-order valence-corrected chi connectivity index (χ0v) is 22.5. The van der Waals surface area contributed by atoms with Gasteiger partial charge in [-0.25, -0.2) is 9.59 Å². The second-order valence-electron chi connectivity index (χ2n) is 12.2. The first-order chi connectivity index (χ1) is 17.3. The van der Waals surface area contributed by atoms with Gasteiger partial charge in [-0.2, -0.15) is 17.2 Å². The van der Waals surface area contributed by atoms with Gasteiger partial charge in [-0.3, -0.25) is 4.55 Å². The van der Waals surface area contributed by atoms with Crippen LogP contribution in [0.5, 0.6) is 0 Å². The number of alkyl halides is 2. The summed E-state index contributed by atoms with van der Waals surface area (Å²) in [6, 6.07) is 0. The maximum Gasteiger partial charge on any atom is 0.465 e. The Hall–Kier alpha value is -1.67. The number of esters is 2. The van der Waals surface area contributed by atoms with Gasteiger partial charge in [0.1, 0.15) is 17.8 Å². The van der Waals surface area contributed by atoms with Crippen molar-refractivity contribution in [3.05, 3.63) is 12.2 Å². The van der Waals surface area contributed by atoms with Gasteiger partial charge < -0.3 is 24.4 Å². The van der Waals surface area contributed by atoms with E-state index in [-0.39, 0.29) is 18.8 Å². The van der Waals surface area contributed by atoms with Crippen LogP contribution in [0.15, 0.2) is 12.2 Å². The molecule has 0 spiro atoms. The van der Waals surface area contributed by atoms with Crippen LogP contribution in [0.4, 0.5) is 8.78 Å². The molecular formula is C25H36F2O10S. The zero-order valence-electron chi connectivity index (χ0n) is 21.7. The first-order valence-corrected chi connectivity index (χ1v) is 14.3. The maximum absolute atomic E-state index is 13.9.